The Morgan fingerprint density at radius 3 is 2.43 bits per heavy atom. The van der Waals surface area contributed by atoms with Crippen molar-refractivity contribution in [2.45, 2.75) is 4.90 Å². The van der Waals surface area contributed by atoms with E-state index in [0.29, 0.717) is 11.4 Å². The molecule has 0 bridgehead atoms. The Kier molecular flexibility index (Phi) is 4.71. The molecule has 0 aliphatic heterocycles. The highest BCUT2D eigenvalue weighted by Crippen LogP contribution is 2.25. The number of aromatic nitrogens is 1. The standard InChI is InChI=1S/C22H18N2O3S/c1-27-19-10-12-20(13-11-19)28(25,26)24-18-7-4-6-17(15-18)22-14-9-16-5-2-3-8-21(16)23-22/h2-15,24H,1H3. The third kappa shape index (κ3) is 3.68. The summed E-state index contributed by atoms with van der Waals surface area (Å²) in [6.45, 7) is 0. The van der Waals surface area contributed by atoms with Gasteiger partial charge in [-0.3, -0.25) is 4.72 Å². The topological polar surface area (TPSA) is 68.3 Å². The first-order valence-corrected chi connectivity index (χ1v) is 10.2. The molecule has 0 spiro atoms. The van der Waals surface area contributed by atoms with Crippen LogP contribution in [0.25, 0.3) is 22.2 Å². The van der Waals surface area contributed by atoms with E-state index >= 15 is 0 Å². The first-order valence-electron chi connectivity index (χ1n) is 8.68. The van der Waals surface area contributed by atoms with E-state index in [-0.39, 0.29) is 4.90 Å². The number of benzene rings is 3. The number of sulfonamides is 1. The number of anilines is 1. The van der Waals surface area contributed by atoms with Crippen LogP contribution in [-0.4, -0.2) is 20.5 Å². The van der Waals surface area contributed by atoms with Crippen molar-refractivity contribution in [3.8, 4) is 17.0 Å². The number of hydrogen-bond donors (Lipinski definition) is 1. The second-order valence-electron chi connectivity index (χ2n) is 6.25. The molecule has 5 nitrogen and oxygen atoms in total. The lowest BCUT2D eigenvalue weighted by Crippen LogP contribution is -2.12. The minimum absolute atomic E-state index is 0.169. The Bertz CT molecular complexity index is 1240. The number of pyridine rings is 1. The highest BCUT2D eigenvalue weighted by Gasteiger charge is 2.14. The molecule has 1 aromatic heterocycles. The van der Waals surface area contributed by atoms with Crippen molar-refractivity contribution < 1.29 is 13.2 Å². The number of fused-ring (bicyclic) bond motifs is 1. The third-order valence-electron chi connectivity index (χ3n) is 4.38. The zero-order valence-corrected chi connectivity index (χ0v) is 16.0. The van der Waals surface area contributed by atoms with Crippen LogP contribution >= 0.6 is 0 Å². The van der Waals surface area contributed by atoms with Crippen LogP contribution in [0.15, 0.2) is 89.8 Å². The van der Waals surface area contributed by atoms with Crippen LogP contribution in [0.4, 0.5) is 5.69 Å². The van der Waals surface area contributed by atoms with Gasteiger partial charge in [-0.25, -0.2) is 13.4 Å². The van der Waals surface area contributed by atoms with Gasteiger partial charge in [0.2, 0.25) is 0 Å². The molecule has 0 saturated carbocycles. The van der Waals surface area contributed by atoms with Crippen molar-refractivity contribution in [1.29, 1.82) is 0 Å². The van der Waals surface area contributed by atoms with Gasteiger partial charge in [-0.1, -0.05) is 36.4 Å². The summed E-state index contributed by atoms with van der Waals surface area (Å²) in [4.78, 5) is 4.84. The van der Waals surface area contributed by atoms with Crippen LogP contribution in [0.1, 0.15) is 0 Å². The molecule has 28 heavy (non-hydrogen) atoms. The van der Waals surface area contributed by atoms with E-state index in [2.05, 4.69) is 9.71 Å². The average Bonchev–Trinajstić information content (AvgIpc) is 2.73. The summed E-state index contributed by atoms with van der Waals surface area (Å²) in [6.07, 6.45) is 0. The fourth-order valence-electron chi connectivity index (χ4n) is 2.94. The number of methoxy groups -OCH3 is 1. The second-order valence-corrected chi connectivity index (χ2v) is 7.93. The van der Waals surface area contributed by atoms with Gasteiger partial charge in [0.15, 0.2) is 0 Å². The maximum absolute atomic E-state index is 12.7. The summed E-state index contributed by atoms with van der Waals surface area (Å²) in [5.41, 5.74) is 2.98. The molecule has 0 unspecified atom stereocenters. The molecule has 140 valence electrons. The molecule has 1 heterocycles. The zero-order chi connectivity index (χ0) is 19.6. The molecule has 0 atom stereocenters. The van der Waals surface area contributed by atoms with E-state index in [4.69, 9.17) is 4.74 Å². The Hall–Kier alpha value is -3.38. The molecular weight excluding hydrogens is 372 g/mol. The predicted octanol–water partition coefficient (Wildman–Crippen LogP) is 4.71. The van der Waals surface area contributed by atoms with Crippen LogP contribution < -0.4 is 9.46 Å². The maximum Gasteiger partial charge on any atom is 0.261 e. The van der Waals surface area contributed by atoms with Gasteiger partial charge in [0.1, 0.15) is 5.75 Å². The minimum atomic E-state index is -3.70. The van der Waals surface area contributed by atoms with Crippen LogP contribution in [0, 0.1) is 0 Å². The summed E-state index contributed by atoms with van der Waals surface area (Å²) in [6, 6.07) is 25.3. The quantitative estimate of drug-likeness (QED) is 0.536. The molecule has 0 radical (unpaired) electrons. The maximum atomic E-state index is 12.7. The molecule has 4 aromatic rings. The largest absolute Gasteiger partial charge is 0.497 e. The summed E-state index contributed by atoms with van der Waals surface area (Å²) in [5, 5.41) is 1.06. The fourth-order valence-corrected chi connectivity index (χ4v) is 3.99. The van der Waals surface area contributed by atoms with Gasteiger partial charge in [0.25, 0.3) is 10.0 Å². The summed E-state index contributed by atoms with van der Waals surface area (Å²) in [5.74, 6) is 0.600. The minimum Gasteiger partial charge on any atom is -0.497 e. The van der Waals surface area contributed by atoms with Crippen molar-refractivity contribution in [2.24, 2.45) is 0 Å². The molecule has 4 rings (SSSR count). The van der Waals surface area contributed by atoms with Crippen molar-refractivity contribution in [1.82, 2.24) is 4.98 Å². The number of hydrogen-bond acceptors (Lipinski definition) is 4. The number of ether oxygens (including phenoxy) is 1. The zero-order valence-electron chi connectivity index (χ0n) is 15.2. The third-order valence-corrected chi connectivity index (χ3v) is 5.78. The first-order chi connectivity index (χ1) is 13.5. The Labute approximate surface area is 163 Å². The van der Waals surface area contributed by atoms with Gasteiger partial charge in [0.05, 0.1) is 23.2 Å². The molecule has 0 aliphatic rings. The van der Waals surface area contributed by atoms with Crippen molar-refractivity contribution in [2.75, 3.05) is 11.8 Å². The lowest BCUT2D eigenvalue weighted by molar-refractivity contribution is 0.414. The number of para-hydroxylation sites is 1. The lowest BCUT2D eigenvalue weighted by Gasteiger charge is -2.10. The lowest BCUT2D eigenvalue weighted by atomic mass is 10.1. The van der Waals surface area contributed by atoms with Gasteiger partial charge >= 0.3 is 0 Å². The summed E-state index contributed by atoms with van der Waals surface area (Å²) < 4.78 is 33.0. The molecule has 3 aromatic carbocycles. The van der Waals surface area contributed by atoms with E-state index in [0.717, 1.165) is 22.2 Å². The van der Waals surface area contributed by atoms with Crippen molar-refractivity contribution >= 4 is 26.6 Å². The van der Waals surface area contributed by atoms with Gasteiger partial charge in [0, 0.05) is 16.6 Å². The molecule has 0 fully saturated rings. The summed E-state index contributed by atoms with van der Waals surface area (Å²) in [7, 11) is -2.16. The molecule has 0 amide bonds. The van der Waals surface area contributed by atoms with E-state index in [1.165, 1.54) is 19.2 Å². The van der Waals surface area contributed by atoms with E-state index in [9.17, 15) is 8.42 Å². The van der Waals surface area contributed by atoms with Gasteiger partial charge < -0.3 is 4.74 Å². The van der Waals surface area contributed by atoms with Crippen LogP contribution in [0.2, 0.25) is 0 Å². The van der Waals surface area contributed by atoms with E-state index in [1.807, 2.05) is 42.5 Å². The van der Waals surface area contributed by atoms with Crippen LogP contribution in [-0.2, 0) is 10.0 Å². The van der Waals surface area contributed by atoms with Crippen LogP contribution in [0.5, 0.6) is 5.75 Å². The Morgan fingerprint density at radius 2 is 1.64 bits per heavy atom. The average molecular weight is 390 g/mol. The normalized spacial score (nSPS) is 11.3. The van der Waals surface area contributed by atoms with Crippen molar-refractivity contribution in [3.63, 3.8) is 0 Å². The van der Waals surface area contributed by atoms with E-state index < -0.39 is 10.0 Å². The predicted molar refractivity (Wildman–Crippen MR) is 111 cm³/mol. The fraction of sp³-hybridized carbons (Fsp3) is 0.0455. The number of rotatable bonds is 5. The molecule has 0 aliphatic carbocycles. The van der Waals surface area contributed by atoms with Crippen LogP contribution in [0.3, 0.4) is 0 Å². The van der Waals surface area contributed by atoms with Gasteiger partial charge in [-0.05, 0) is 48.5 Å². The number of nitrogens with zero attached hydrogens (tertiary/aromatic N) is 1. The SMILES string of the molecule is COc1ccc(S(=O)(=O)Nc2cccc(-c3ccc4ccccc4n3)c2)cc1. The van der Waals surface area contributed by atoms with Gasteiger partial charge in [-0.15, -0.1) is 0 Å². The highest BCUT2D eigenvalue weighted by atomic mass is 32.2. The first kappa shape index (κ1) is 18.0. The van der Waals surface area contributed by atoms with Crippen molar-refractivity contribution in [3.05, 3.63) is 84.9 Å². The molecule has 1 N–H and O–H groups in total. The molecule has 6 heteroatoms. The Balaban J connectivity index is 1.64. The Morgan fingerprint density at radius 1 is 0.857 bits per heavy atom. The molecular formula is C22H18N2O3S. The van der Waals surface area contributed by atoms with Gasteiger partial charge in [-0.2, -0.15) is 0 Å². The smallest absolute Gasteiger partial charge is 0.261 e. The molecule has 0 saturated heterocycles. The number of nitrogens with one attached hydrogen (secondary N) is 1. The second kappa shape index (κ2) is 7.32. The monoisotopic (exact) mass is 390 g/mol. The summed E-state index contributed by atoms with van der Waals surface area (Å²) >= 11 is 0. The highest BCUT2D eigenvalue weighted by molar-refractivity contribution is 7.92. The van der Waals surface area contributed by atoms with E-state index in [1.54, 1.807) is 30.3 Å².